The summed E-state index contributed by atoms with van der Waals surface area (Å²) < 4.78 is 0. The predicted octanol–water partition coefficient (Wildman–Crippen LogP) is 0.891. The number of aromatic nitrogens is 1. The zero-order chi connectivity index (χ0) is 14.2. The van der Waals surface area contributed by atoms with Gasteiger partial charge in [0.1, 0.15) is 0 Å². The van der Waals surface area contributed by atoms with Crippen molar-refractivity contribution in [1.29, 1.82) is 0 Å². The van der Waals surface area contributed by atoms with E-state index in [1.165, 1.54) is 12.3 Å². The Balaban J connectivity index is 2.25. The van der Waals surface area contributed by atoms with E-state index >= 15 is 0 Å². The number of nitrogens with zero attached hydrogens (tertiary/aromatic N) is 3. The van der Waals surface area contributed by atoms with Crippen LogP contribution in [0.4, 0.5) is 11.5 Å². The van der Waals surface area contributed by atoms with Gasteiger partial charge in [-0.05, 0) is 27.0 Å². The molecule has 0 saturated carbocycles. The highest BCUT2D eigenvalue weighted by Crippen LogP contribution is 2.25. The highest BCUT2D eigenvalue weighted by Gasteiger charge is 2.28. The van der Waals surface area contributed by atoms with Crippen LogP contribution < -0.4 is 10.6 Å². The normalized spacial score (nSPS) is 24.5. The van der Waals surface area contributed by atoms with Gasteiger partial charge in [0.15, 0.2) is 5.82 Å². The first kappa shape index (κ1) is 13.6. The molecule has 0 aliphatic carbocycles. The van der Waals surface area contributed by atoms with Crippen LogP contribution in [0.2, 0.25) is 0 Å². The van der Waals surface area contributed by atoms with E-state index in [4.69, 9.17) is 10.8 Å². The van der Waals surface area contributed by atoms with Gasteiger partial charge >= 0.3 is 5.97 Å². The van der Waals surface area contributed by atoms with Crippen molar-refractivity contribution in [2.45, 2.75) is 25.9 Å². The number of carbonyl (C=O) groups is 1. The van der Waals surface area contributed by atoms with Crippen LogP contribution in [0.25, 0.3) is 0 Å². The van der Waals surface area contributed by atoms with Crippen molar-refractivity contribution >= 4 is 17.5 Å². The number of nitrogens with two attached hydrogens (primary N) is 1. The van der Waals surface area contributed by atoms with Crippen LogP contribution in [0.5, 0.6) is 0 Å². The van der Waals surface area contributed by atoms with Crippen molar-refractivity contribution in [1.82, 2.24) is 9.88 Å². The quantitative estimate of drug-likeness (QED) is 0.825. The molecule has 1 aliphatic heterocycles. The summed E-state index contributed by atoms with van der Waals surface area (Å²) in [7, 11) is 2.11. The van der Waals surface area contributed by atoms with Gasteiger partial charge in [0.25, 0.3) is 0 Å². The molecule has 0 aromatic carbocycles. The van der Waals surface area contributed by atoms with Crippen LogP contribution in [0, 0.1) is 0 Å². The Bertz CT molecular complexity index is 480. The molecular weight excluding hydrogens is 244 g/mol. The van der Waals surface area contributed by atoms with Crippen molar-refractivity contribution in [2.75, 3.05) is 30.8 Å². The lowest BCUT2D eigenvalue weighted by atomic mass is 10.1. The molecule has 0 bridgehead atoms. The van der Waals surface area contributed by atoms with E-state index < -0.39 is 5.97 Å². The summed E-state index contributed by atoms with van der Waals surface area (Å²) in [6.07, 6.45) is 1.36. The van der Waals surface area contributed by atoms with E-state index in [1.807, 2.05) is 0 Å². The fraction of sp³-hybridized carbons (Fsp3) is 0.538. The summed E-state index contributed by atoms with van der Waals surface area (Å²) in [5, 5.41) is 8.91. The molecule has 2 atom stereocenters. The van der Waals surface area contributed by atoms with Gasteiger partial charge in [-0.15, -0.1) is 0 Å². The van der Waals surface area contributed by atoms with E-state index in [1.54, 1.807) is 0 Å². The summed E-state index contributed by atoms with van der Waals surface area (Å²) in [5.41, 5.74) is 6.48. The number of aromatic carboxylic acids is 1. The average Bonchev–Trinajstić information content (AvgIpc) is 2.35. The largest absolute Gasteiger partial charge is 0.478 e. The second kappa shape index (κ2) is 5.05. The second-order valence-electron chi connectivity index (χ2n) is 5.21. The standard InChI is InChI=1S/C13H20N4O2/c1-8-6-17(7-9(2)16(8)3)12-11(14)4-10(5-15-12)13(18)19/h4-5,8-9H,6-7,14H2,1-3H3,(H,18,19). The lowest BCUT2D eigenvalue weighted by molar-refractivity contribution is 0.0696. The maximum atomic E-state index is 10.9. The number of carboxylic acid groups (broad SMARTS) is 1. The zero-order valence-electron chi connectivity index (χ0n) is 11.5. The van der Waals surface area contributed by atoms with Gasteiger partial charge in [-0.2, -0.15) is 0 Å². The molecule has 6 heteroatoms. The minimum absolute atomic E-state index is 0.122. The van der Waals surface area contributed by atoms with E-state index in [0.717, 1.165) is 13.1 Å². The average molecular weight is 264 g/mol. The number of anilines is 2. The number of piperazine rings is 1. The van der Waals surface area contributed by atoms with Crippen LogP contribution in [0.15, 0.2) is 12.3 Å². The predicted molar refractivity (Wildman–Crippen MR) is 74.5 cm³/mol. The van der Waals surface area contributed by atoms with Crippen molar-refractivity contribution in [3.63, 3.8) is 0 Å². The molecule has 1 aromatic rings. The molecule has 0 radical (unpaired) electrons. The Hall–Kier alpha value is -1.82. The fourth-order valence-corrected chi connectivity index (χ4v) is 2.43. The van der Waals surface area contributed by atoms with Gasteiger partial charge in [-0.25, -0.2) is 9.78 Å². The molecule has 1 aliphatic rings. The van der Waals surface area contributed by atoms with Gasteiger partial charge < -0.3 is 15.7 Å². The smallest absolute Gasteiger partial charge is 0.337 e. The minimum Gasteiger partial charge on any atom is -0.478 e. The van der Waals surface area contributed by atoms with Crippen molar-refractivity contribution < 1.29 is 9.90 Å². The van der Waals surface area contributed by atoms with E-state index in [-0.39, 0.29) is 5.56 Å². The molecule has 1 aromatic heterocycles. The Morgan fingerprint density at radius 2 is 2.00 bits per heavy atom. The highest BCUT2D eigenvalue weighted by atomic mass is 16.4. The van der Waals surface area contributed by atoms with Crippen molar-refractivity contribution in [2.24, 2.45) is 0 Å². The number of nitrogen functional groups attached to an aromatic ring is 1. The maximum absolute atomic E-state index is 10.9. The number of pyridine rings is 1. The lowest BCUT2D eigenvalue weighted by Crippen LogP contribution is -2.55. The summed E-state index contributed by atoms with van der Waals surface area (Å²) in [5.74, 6) is -0.331. The number of hydrogen-bond donors (Lipinski definition) is 2. The van der Waals surface area contributed by atoms with Crippen LogP contribution in [0.1, 0.15) is 24.2 Å². The van der Waals surface area contributed by atoms with Crippen LogP contribution in [-0.4, -0.2) is 53.2 Å². The number of likely N-dealkylation sites (N-methyl/N-ethyl adjacent to an activating group) is 1. The van der Waals surface area contributed by atoms with E-state index in [9.17, 15) is 4.79 Å². The third-order valence-electron chi connectivity index (χ3n) is 3.80. The van der Waals surface area contributed by atoms with Gasteiger partial charge in [0, 0.05) is 31.4 Å². The van der Waals surface area contributed by atoms with Gasteiger partial charge in [-0.3, -0.25) is 4.90 Å². The number of hydrogen-bond acceptors (Lipinski definition) is 5. The topological polar surface area (TPSA) is 82.7 Å². The molecule has 0 spiro atoms. The molecule has 104 valence electrons. The summed E-state index contributed by atoms with van der Waals surface area (Å²) in [6, 6.07) is 2.28. The zero-order valence-corrected chi connectivity index (χ0v) is 11.5. The first-order valence-corrected chi connectivity index (χ1v) is 6.36. The summed E-state index contributed by atoms with van der Waals surface area (Å²) >= 11 is 0. The first-order chi connectivity index (χ1) is 8.90. The van der Waals surface area contributed by atoms with Gasteiger partial charge in [-0.1, -0.05) is 0 Å². The molecule has 2 heterocycles. The maximum Gasteiger partial charge on any atom is 0.337 e. The monoisotopic (exact) mass is 264 g/mol. The Morgan fingerprint density at radius 1 is 1.42 bits per heavy atom. The summed E-state index contributed by atoms with van der Waals surface area (Å²) in [6.45, 7) is 5.99. The Labute approximate surface area is 112 Å². The third-order valence-corrected chi connectivity index (χ3v) is 3.80. The Kier molecular flexibility index (Phi) is 3.61. The third kappa shape index (κ3) is 2.63. The Morgan fingerprint density at radius 3 is 2.47 bits per heavy atom. The number of rotatable bonds is 2. The molecule has 2 unspecified atom stereocenters. The number of carboxylic acids is 1. The van der Waals surface area contributed by atoms with Crippen LogP contribution in [0.3, 0.4) is 0 Å². The minimum atomic E-state index is -1.01. The molecule has 1 fully saturated rings. The second-order valence-corrected chi connectivity index (χ2v) is 5.21. The molecule has 19 heavy (non-hydrogen) atoms. The van der Waals surface area contributed by atoms with Gasteiger partial charge in [0.05, 0.1) is 11.3 Å². The fourth-order valence-electron chi connectivity index (χ4n) is 2.43. The van der Waals surface area contributed by atoms with E-state index in [0.29, 0.717) is 23.6 Å². The molecule has 2 rings (SSSR count). The van der Waals surface area contributed by atoms with Crippen LogP contribution in [-0.2, 0) is 0 Å². The summed E-state index contributed by atoms with van der Waals surface area (Å²) in [4.78, 5) is 19.5. The molecule has 0 amide bonds. The molecule has 3 N–H and O–H groups in total. The van der Waals surface area contributed by atoms with Crippen molar-refractivity contribution in [3.05, 3.63) is 17.8 Å². The van der Waals surface area contributed by atoms with Gasteiger partial charge in [0.2, 0.25) is 0 Å². The van der Waals surface area contributed by atoms with Crippen molar-refractivity contribution in [3.8, 4) is 0 Å². The first-order valence-electron chi connectivity index (χ1n) is 6.36. The molecule has 1 saturated heterocycles. The van der Waals surface area contributed by atoms with E-state index in [2.05, 4.69) is 35.7 Å². The molecular formula is C13H20N4O2. The van der Waals surface area contributed by atoms with Crippen LogP contribution >= 0.6 is 0 Å². The molecule has 6 nitrogen and oxygen atoms in total. The SMILES string of the molecule is CC1CN(c2ncc(C(=O)O)cc2N)CC(C)N1C. The highest BCUT2D eigenvalue weighted by molar-refractivity contribution is 5.89. The lowest BCUT2D eigenvalue weighted by Gasteiger charge is -2.43.